The molecule has 0 aromatic heterocycles. The van der Waals surface area contributed by atoms with Gasteiger partial charge in [-0.25, -0.2) is 9.59 Å². The van der Waals surface area contributed by atoms with Crippen LogP contribution in [0.5, 0.6) is 0 Å². The summed E-state index contributed by atoms with van der Waals surface area (Å²) in [5.41, 5.74) is 3.84. The molecule has 0 aromatic carbocycles. The van der Waals surface area contributed by atoms with Crippen molar-refractivity contribution in [2.24, 2.45) is 5.73 Å². The van der Waals surface area contributed by atoms with Crippen LogP contribution in [-0.4, -0.2) is 58.3 Å². The zero-order valence-electron chi connectivity index (χ0n) is 11.3. The van der Waals surface area contributed by atoms with E-state index in [-0.39, 0.29) is 19.4 Å². The van der Waals surface area contributed by atoms with Crippen LogP contribution >= 0.6 is 0 Å². The third-order valence-electron chi connectivity index (χ3n) is 2.25. The van der Waals surface area contributed by atoms with Gasteiger partial charge in [-0.05, 0) is 20.3 Å². The van der Waals surface area contributed by atoms with Crippen LogP contribution in [0.15, 0.2) is 0 Å². The topological polar surface area (TPSA) is 133 Å². The molecule has 0 saturated carbocycles. The molecule has 5 N–H and O–H groups in total. The molecule has 8 nitrogen and oxygen atoms in total. The van der Waals surface area contributed by atoms with Crippen molar-refractivity contribution >= 4 is 17.9 Å². The highest BCUT2D eigenvalue weighted by atomic mass is 16.4. The van der Waals surface area contributed by atoms with Crippen LogP contribution in [0.25, 0.3) is 0 Å². The molecule has 0 fully saturated rings. The number of aliphatic carboxylic acids is 1. The molecule has 1 atom stereocenters. The minimum absolute atomic E-state index is 0.0427. The van der Waals surface area contributed by atoms with Crippen LogP contribution < -0.4 is 11.1 Å². The molecule has 0 heterocycles. The van der Waals surface area contributed by atoms with Gasteiger partial charge >= 0.3 is 12.0 Å². The summed E-state index contributed by atoms with van der Waals surface area (Å²) in [6.45, 7) is 3.10. The molecule has 19 heavy (non-hydrogen) atoms. The first-order valence-corrected chi connectivity index (χ1v) is 5.78. The zero-order chi connectivity index (χ0) is 15.2. The van der Waals surface area contributed by atoms with Crippen molar-refractivity contribution in [3.8, 4) is 0 Å². The van der Waals surface area contributed by atoms with E-state index in [0.29, 0.717) is 0 Å². The van der Waals surface area contributed by atoms with E-state index in [9.17, 15) is 19.5 Å². The molecule has 0 bridgehead atoms. The van der Waals surface area contributed by atoms with Gasteiger partial charge in [-0.3, -0.25) is 4.79 Å². The number of hydrogen-bond acceptors (Lipinski definition) is 4. The van der Waals surface area contributed by atoms with Crippen molar-refractivity contribution in [2.45, 2.75) is 38.3 Å². The van der Waals surface area contributed by atoms with E-state index in [0.717, 1.165) is 0 Å². The standard InChI is InChI=1S/C11H21N3O5/c1-11(2,19)6-14(3)10(18)13-7(9(16)17)4-5-8(12)15/h7,19H,4-6H2,1-3H3,(H2,12,15)(H,13,18)(H,16,17)/t7-/m1/s1. The minimum atomic E-state index is -1.24. The van der Waals surface area contributed by atoms with Gasteiger partial charge in [0.2, 0.25) is 5.91 Å². The first kappa shape index (κ1) is 17.2. The van der Waals surface area contributed by atoms with Crippen LogP contribution in [0.1, 0.15) is 26.7 Å². The average molecular weight is 275 g/mol. The fourth-order valence-electron chi connectivity index (χ4n) is 1.46. The molecule has 0 aliphatic heterocycles. The number of aliphatic hydroxyl groups is 1. The molecule has 0 spiro atoms. The van der Waals surface area contributed by atoms with Crippen LogP contribution in [0.4, 0.5) is 4.79 Å². The predicted octanol–water partition coefficient (Wildman–Crippen LogP) is -0.883. The Hall–Kier alpha value is -1.83. The van der Waals surface area contributed by atoms with E-state index < -0.39 is 29.6 Å². The highest BCUT2D eigenvalue weighted by Crippen LogP contribution is 2.04. The maximum absolute atomic E-state index is 11.7. The molecule has 0 saturated heterocycles. The number of carbonyl (C=O) groups excluding carboxylic acids is 2. The average Bonchev–Trinajstić information content (AvgIpc) is 2.20. The number of nitrogens with two attached hydrogens (primary N) is 1. The van der Waals surface area contributed by atoms with E-state index in [4.69, 9.17) is 10.8 Å². The number of amides is 3. The molecular formula is C11H21N3O5. The van der Waals surface area contributed by atoms with Crippen molar-refractivity contribution in [1.29, 1.82) is 0 Å². The number of urea groups is 1. The quantitative estimate of drug-likeness (QED) is 0.478. The Kier molecular flexibility index (Phi) is 6.26. The molecule has 0 unspecified atom stereocenters. The summed E-state index contributed by atoms with van der Waals surface area (Å²) in [7, 11) is 1.43. The van der Waals surface area contributed by atoms with E-state index in [1.54, 1.807) is 0 Å². The number of carboxylic acids is 1. The van der Waals surface area contributed by atoms with Gasteiger partial charge in [0.25, 0.3) is 0 Å². The number of nitrogens with one attached hydrogen (secondary N) is 1. The summed E-state index contributed by atoms with van der Waals surface area (Å²) in [5.74, 6) is -1.88. The number of primary amides is 1. The van der Waals surface area contributed by atoms with E-state index in [1.807, 2.05) is 0 Å². The Morgan fingerprint density at radius 1 is 1.37 bits per heavy atom. The van der Waals surface area contributed by atoms with Crippen LogP contribution in [0.2, 0.25) is 0 Å². The Bertz CT molecular complexity index is 351. The van der Waals surface area contributed by atoms with E-state index in [1.165, 1.54) is 25.8 Å². The number of rotatable bonds is 7. The normalized spacial score (nSPS) is 12.6. The van der Waals surface area contributed by atoms with Gasteiger partial charge < -0.3 is 26.2 Å². The molecule has 110 valence electrons. The summed E-state index contributed by atoms with van der Waals surface area (Å²) in [5, 5.41) is 20.7. The molecule has 0 radical (unpaired) electrons. The second kappa shape index (κ2) is 6.93. The number of hydrogen-bond donors (Lipinski definition) is 4. The highest BCUT2D eigenvalue weighted by molar-refractivity contribution is 5.83. The third kappa shape index (κ3) is 7.98. The van der Waals surface area contributed by atoms with Crippen molar-refractivity contribution in [2.75, 3.05) is 13.6 Å². The lowest BCUT2D eigenvalue weighted by molar-refractivity contribution is -0.139. The van der Waals surface area contributed by atoms with Gasteiger partial charge in [0.05, 0.1) is 12.1 Å². The molecule has 0 rings (SSSR count). The summed E-state index contributed by atoms with van der Waals surface area (Å²) in [4.78, 5) is 34.4. The van der Waals surface area contributed by atoms with Crippen molar-refractivity contribution in [3.05, 3.63) is 0 Å². The zero-order valence-corrected chi connectivity index (χ0v) is 11.3. The summed E-state index contributed by atoms with van der Waals surface area (Å²) < 4.78 is 0. The van der Waals surface area contributed by atoms with Gasteiger partial charge in [0.15, 0.2) is 0 Å². The van der Waals surface area contributed by atoms with Crippen LogP contribution in [-0.2, 0) is 9.59 Å². The summed E-state index contributed by atoms with van der Waals surface area (Å²) in [6, 6.07) is -1.83. The fraction of sp³-hybridized carbons (Fsp3) is 0.727. The van der Waals surface area contributed by atoms with Gasteiger partial charge in [0, 0.05) is 13.5 Å². The van der Waals surface area contributed by atoms with Crippen molar-refractivity contribution in [3.63, 3.8) is 0 Å². The first-order chi connectivity index (χ1) is 8.53. The molecule has 0 aromatic rings. The lowest BCUT2D eigenvalue weighted by Gasteiger charge is -2.27. The van der Waals surface area contributed by atoms with Crippen LogP contribution in [0, 0.1) is 0 Å². The second-order valence-electron chi connectivity index (χ2n) is 5.01. The van der Waals surface area contributed by atoms with Crippen molar-refractivity contribution < 1.29 is 24.6 Å². The Morgan fingerprint density at radius 2 is 1.89 bits per heavy atom. The molecule has 0 aliphatic carbocycles. The maximum Gasteiger partial charge on any atom is 0.326 e. The van der Waals surface area contributed by atoms with Gasteiger partial charge in [-0.2, -0.15) is 0 Å². The SMILES string of the molecule is CN(CC(C)(C)O)C(=O)N[C@H](CCC(N)=O)C(=O)O. The summed E-state index contributed by atoms with van der Waals surface area (Å²) >= 11 is 0. The molecular weight excluding hydrogens is 254 g/mol. The van der Waals surface area contributed by atoms with Gasteiger partial charge in [-0.1, -0.05) is 0 Å². The molecule has 3 amide bonds. The molecule has 8 heteroatoms. The lowest BCUT2D eigenvalue weighted by Crippen LogP contribution is -2.50. The predicted molar refractivity (Wildman–Crippen MR) is 67.3 cm³/mol. The summed E-state index contributed by atoms with van der Waals surface area (Å²) in [6.07, 6.45) is -0.209. The first-order valence-electron chi connectivity index (χ1n) is 5.78. The largest absolute Gasteiger partial charge is 0.480 e. The monoisotopic (exact) mass is 275 g/mol. The lowest BCUT2D eigenvalue weighted by atomic mass is 10.1. The van der Waals surface area contributed by atoms with Gasteiger partial charge in [0.1, 0.15) is 6.04 Å². The maximum atomic E-state index is 11.7. The number of nitrogens with zero attached hydrogens (tertiary/aromatic N) is 1. The Balaban J connectivity index is 4.46. The van der Waals surface area contributed by atoms with Crippen molar-refractivity contribution in [1.82, 2.24) is 10.2 Å². The minimum Gasteiger partial charge on any atom is -0.480 e. The second-order valence-corrected chi connectivity index (χ2v) is 5.01. The van der Waals surface area contributed by atoms with E-state index in [2.05, 4.69) is 5.32 Å². The Morgan fingerprint density at radius 3 is 2.26 bits per heavy atom. The van der Waals surface area contributed by atoms with Gasteiger partial charge in [-0.15, -0.1) is 0 Å². The number of carbonyl (C=O) groups is 3. The number of likely N-dealkylation sites (N-methyl/N-ethyl adjacent to an activating group) is 1. The smallest absolute Gasteiger partial charge is 0.326 e. The Labute approximate surface area is 111 Å². The fourth-order valence-corrected chi connectivity index (χ4v) is 1.46. The van der Waals surface area contributed by atoms with E-state index >= 15 is 0 Å². The molecule has 0 aliphatic rings. The highest BCUT2D eigenvalue weighted by Gasteiger charge is 2.24. The third-order valence-corrected chi connectivity index (χ3v) is 2.25. The number of carboxylic acid groups (broad SMARTS) is 1. The van der Waals surface area contributed by atoms with Crippen LogP contribution in [0.3, 0.4) is 0 Å².